The Morgan fingerprint density at radius 2 is 2.00 bits per heavy atom. The summed E-state index contributed by atoms with van der Waals surface area (Å²) in [5, 5.41) is 20.4. The van der Waals surface area contributed by atoms with Crippen LogP contribution in [-0.4, -0.2) is 68.6 Å². The van der Waals surface area contributed by atoms with E-state index in [1.54, 1.807) is 20.8 Å². The Labute approximate surface area is 217 Å². The van der Waals surface area contributed by atoms with E-state index in [2.05, 4.69) is 42.0 Å². The molecule has 0 bridgehead atoms. The molecule has 1 fully saturated rings. The molecular weight excluding hydrogens is 568 g/mol. The molecule has 36 heavy (non-hydrogen) atoms. The number of halogens is 3. The van der Waals surface area contributed by atoms with E-state index in [0.717, 1.165) is 11.3 Å². The standard InChI is InChI=1S/C20H26BrF2N7O5S/c1-19(2,3)35-18(34)28-14-12(27-16(21)36-14)13(31)26-11-8-24-29(4)15(11)30-6-5-10(25-17(32)33)7-20(22,23)9-30/h8,10,25H,5-7,9H2,1-4H3,(H,26,31)(H,28,34)(H,32,33). The van der Waals surface area contributed by atoms with Crippen LogP contribution in [0.2, 0.25) is 0 Å². The van der Waals surface area contributed by atoms with E-state index in [0.29, 0.717) is 3.92 Å². The van der Waals surface area contributed by atoms with E-state index in [9.17, 15) is 23.2 Å². The summed E-state index contributed by atoms with van der Waals surface area (Å²) in [5.41, 5.74) is -0.720. The SMILES string of the molecule is Cn1ncc(NC(=O)c2nc(Br)sc2NC(=O)OC(C)(C)C)c1N1CCC(NC(=O)O)CC(F)(F)C1. The molecule has 12 nitrogen and oxygen atoms in total. The molecule has 3 rings (SSSR count). The molecule has 2 aromatic rings. The molecule has 0 spiro atoms. The summed E-state index contributed by atoms with van der Waals surface area (Å²) in [6.07, 6.45) is -1.36. The number of alkyl halides is 2. The first-order chi connectivity index (χ1) is 16.6. The number of hydrogen-bond acceptors (Lipinski definition) is 8. The Balaban J connectivity index is 1.81. The largest absolute Gasteiger partial charge is 0.465 e. The van der Waals surface area contributed by atoms with Gasteiger partial charge in [-0.05, 0) is 43.1 Å². The molecule has 0 saturated carbocycles. The normalized spacial score (nSPS) is 17.8. The Morgan fingerprint density at radius 1 is 1.31 bits per heavy atom. The van der Waals surface area contributed by atoms with Gasteiger partial charge in [0.05, 0.1) is 12.7 Å². The predicted octanol–water partition coefficient (Wildman–Crippen LogP) is 4.11. The first-order valence-corrected chi connectivity index (χ1v) is 12.4. The van der Waals surface area contributed by atoms with Crippen molar-refractivity contribution in [3.05, 3.63) is 15.8 Å². The van der Waals surface area contributed by atoms with Crippen LogP contribution in [0, 0.1) is 0 Å². The van der Waals surface area contributed by atoms with E-state index in [-0.39, 0.29) is 35.2 Å². The number of ether oxygens (including phenoxy) is 1. The molecule has 1 unspecified atom stereocenters. The van der Waals surface area contributed by atoms with Crippen molar-refractivity contribution >= 4 is 61.9 Å². The van der Waals surface area contributed by atoms with Crippen LogP contribution in [0.5, 0.6) is 0 Å². The van der Waals surface area contributed by atoms with E-state index >= 15 is 0 Å². The molecule has 1 saturated heterocycles. The van der Waals surface area contributed by atoms with Gasteiger partial charge in [-0.25, -0.2) is 23.4 Å². The minimum Gasteiger partial charge on any atom is -0.465 e. The summed E-state index contributed by atoms with van der Waals surface area (Å²) < 4.78 is 36.2. The van der Waals surface area contributed by atoms with Gasteiger partial charge in [-0.15, -0.1) is 0 Å². The third-order valence-electron chi connectivity index (χ3n) is 4.93. The fraction of sp³-hybridized carbons (Fsp3) is 0.550. The minimum absolute atomic E-state index is 0.0939. The Morgan fingerprint density at radius 3 is 2.64 bits per heavy atom. The lowest BCUT2D eigenvalue weighted by Gasteiger charge is -2.26. The van der Waals surface area contributed by atoms with Gasteiger partial charge in [0.25, 0.3) is 11.8 Å². The van der Waals surface area contributed by atoms with Gasteiger partial charge in [-0.2, -0.15) is 5.10 Å². The number of thiazole rings is 1. The van der Waals surface area contributed by atoms with E-state index in [1.165, 1.54) is 22.8 Å². The van der Waals surface area contributed by atoms with Gasteiger partial charge in [-0.1, -0.05) is 11.3 Å². The van der Waals surface area contributed by atoms with Gasteiger partial charge in [0.15, 0.2) is 15.4 Å². The Bertz CT molecular complexity index is 1150. The molecule has 4 N–H and O–H groups in total. The van der Waals surface area contributed by atoms with Crippen LogP contribution in [0.25, 0.3) is 0 Å². The molecule has 16 heteroatoms. The molecular formula is C20H26BrF2N7O5S. The first-order valence-electron chi connectivity index (χ1n) is 10.8. The van der Waals surface area contributed by atoms with Crippen LogP contribution in [0.15, 0.2) is 10.1 Å². The van der Waals surface area contributed by atoms with Gasteiger partial charge >= 0.3 is 12.2 Å². The zero-order valence-corrected chi connectivity index (χ0v) is 22.3. The monoisotopic (exact) mass is 593 g/mol. The molecule has 3 amide bonds. The number of nitrogens with one attached hydrogen (secondary N) is 3. The summed E-state index contributed by atoms with van der Waals surface area (Å²) in [5.74, 6) is -3.68. The van der Waals surface area contributed by atoms with Crippen molar-refractivity contribution in [1.82, 2.24) is 20.1 Å². The van der Waals surface area contributed by atoms with Gasteiger partial charge in [0.1, 0.15) is 16.3 Å². The summed E-state index contributed by atoms with van der Waals surface area (Å²) in [6.45, 7) is 4.48. The first kappa shape index (κ1) is 27.6. The average Bonchev–Trinajstić information content (AvgIpc) is 3.19. The number of anilines is 3. The zero-order chi connectivity index (χ0) is 26.8. The van der Waals surface area contributed by atoms with Crippen LogP contribution in [0.3, 0.4) is 0 Å². The molecule has 0 aromatic carbocycles. The average molecular weight is 594 g/mol. The van der Waals surface area contributed by atoms with Gasteiger partial charge in [0.2, 0.25) is 0 Å². The molecule has 2 aromatic heterocycles. The van der Waals surface area contributed by atoms with Gasteiger partial charge in [0, 0.05) is 26.1 Å². The lowest BCUT2D eigenvalue weighted by atomic mass is 10.1. The highest BCUT2D eigenvalue weighted by molar-refractivity contribution is 9.11. The van der Waals surface area contributed by atoms with E-state index < -0.39 is 48.6 Å². The topological polar surface area (TPSA) is 151 Å². The minimum atomic E-state index is -3.19. The number of amides is 3. The van der Waals surface area contributed by atoms with Crippen molar-refractivity contribution in [3.63, 3.8) is 0 Å². The second kappa shape index (κ2) is 10.5. The Kier molecular flexibility index (Phi) is 8.07. The van der Waals surface area contributed by atoms with Gasteiger partial charge in [-0.3, -0.25) is 14.8 Å². The summed E-state index contributed by atoms with van der Waals surface area (Å²) in [7, 11) is 1.54. The van der Waals surface area contributed by atoms with Crippen molar-refractivity contribution in [2.24, 2.45) is 7.05 Å². The van der Waals surface area contributed by atoms with E-state index in [1.807, 2.05) is 0 Å². The highest BCUT2D eigenvalue weighted by Crippen LogP contribution is 2.34. The van der Waals surface area contributed by atoms with Crippen LogP contribution < -0.4 is 20.9 Å². The summed E-state index contributed by atoms with van der Waals surface area (Å²) in [6, 6.07) is -0.928. The third-order valence-corrected chi connectivity index (χ3v) is 6.35. The predicted molar refractivity (Wildman–Crippen MR) is 132 cm³/mol. The summed E-state index contributed by atoms with van der Waals surface area (Å²) >= 11 is 4.19. The second-order valence-electron chi connectivity index (χ2n) is 9.15. The van der Waals surface area contributed by atoms with Crippen molar-refractivity contribution in [2.45, 2.75) is 51.2 Å². The fourth-order valence-electron chi connectivity index (χ4n) is 3.68. The molecule has 1 atom stereocenters. The fourth-order valence-corrected chi connectivity index (χ4v) is 5.02. The maximum absolute atomic E-state index is 14.6. The lowest BCUT2D eigenvalue weighted by molar-refractivity contribution is -0.00311. The highest BCUT2D eigenvalue weighted by Gasteiger charge is 2.40. The number of aryl methyl sites for hydroxylation is 1. The van der Waals surface area contributed by atoms with Crippen molar-refractivity contribution < 1.29 is 33.0 Å². The number of hydrogen-bond donors (Lipinski definition) is 4. The van der Waals surface area contributed by atoms with E-state index in [4.69, 9.17) is 9.84 Å². The number of carbonyl (C=O) groups is 3. The molecule has 1 aliphatic rings. The quantitative estimate of drug-likeness (QED) is 0.404. The van der Waals surface area contributed by atoms with Crippen LogP contribution in [0.4, 0.5) is 34.9 Å². The summed E-state index contributed by atoms with van der Waals surface area (Å²) in [4.78, 5) is 41.7. The zero-order valence-electron chi connectivity index (χ0n) is 19.9. The number of carboxylic acid groups (broad SMARTS) is 1. The smallest absolute Gasteiger partial charge is 0.412 e. The lowest BCUT2D eigenvalue weighted by Crippen LogP contribution is -2.39. The number of nitrogens with zero attached hydrogens (tertiary/aromatic N) is 4. The maximum Gasteiger partial charge on any atom is 0.412 e. The molecule has 198 valence electrons. The molecule has 1 aliphatic heterocycles. The van der Waals surface area contributed by atoms with Crippen LogP contribution in [0.1, 0.15) is 44.1 Å². The van der Waals surface area contributed by atoms with Crippen molar-refractivity contribution in [1.29, 1.82) is 0 Å². The number of rotatable bonds is 5. The van der Waals surface area contributed by atoms with Crippen molar-refractivity contribution in [2.75, 3.05) is 28.6 Å². The molecule has 0 radical (unpaired) electrons. The molecule has 0 aliphatic carbocycles. The van der Waals surface area contributed by atoms with Gasteiger partial charge < -0.3 is 25.4 Å². The number of carbonyl (C=O) groups excluding carboxylic acids is 2. The number of aromatic nitrogens is 3. The van der Waals surface area contributed by atoms with Crippen LogP contribution in [-0.2, 0) is 11.8 Å². The second-order valence-corrected chi connectivity index (χ2v) is 11.4. The Hall–Kier alpha value is -3.01. The molecule has 3 heterocycles. The highest BCUT2D eigenvalue weighted by atomic mass is 79.9. The van der Waals surface area contributed by atoms with Crippen molar-refractivity contribution in [3.8, 4) is 0 Å². The van der Waals surface area contributed by atoms with Crippen LogP contribution >= 0.6 is 27.3 Å². The third kappa shape index (κ3) is 7.25. The maximum atomic E-state index is 14.6.